The molecule has 7 heteroatoms. The Morgan fingerprint density at radius 1 is 1.35 bits per heavy atom. The molecule has 2 aromatic rings. The lowest BCUT2D eigenvalue weighted by Gasteiger charge is -2.14. The third kappa shape index (κ3) is 3.55. The number of nitrogens with zero attached hydrogens (tertiary/aromatic N) is 2. The average Bonchev–Trinajstić information content (AvgIpc) is 2.86. The van der Waals surface area contributed by atoms with Crippen LogP contribution in [0.1, 0.15) is 34.3 Å². The number of aryl methyl sites for hydroxylation is 2. The molecule has 0 radical (unpaired) electrons. The van der Waals surface area contributed by atoms with Gasteiger partial charge < -0.3 is 14.6 Å². The van der Waals surface area contributed by atoms with Gasteiger partial charge in [0.25, 0.3) is 5.91 Å². The SMILES string of the molecule is Cc1noc(C)c1C(=O)O[C@@H](C)C(=O)Nc1ccccc1C#N. The predicted molar refractivity (Wildman–Crippen MR) is 80.6 cm³/mol. The zero-order valence-corrected chi connectivity index (χ0v) is 12.9. The van der Waals surface area contributed by atoms with Gasteiger partial charge in [-0.1, -0.05) is 17.3 Å². The lowest BCUT2D eigenvalue weighted by atomic mass is 10.2. The lowest BCUT2D eigenvalue weighted by molar-refractivity contribution is -0.123. The number of nitriles is 1. The average molecular weight is 313 g/mol. The monoisotopic (exact) mass is 313 g/mol. The fraction of sp³-hybridized carbons (Fsp3) is 0.250. The maximum Gasteiger partial charge on any atom is 0.344 e. The van der Waals surface area contributed by atoms with Crippen molar-refractivity contribution < 1.29 is 18.8 Å². The largest absolute Gasteiger partial charge is 0.449 e. The molecule has 1 heterocycles. The minimum absolute atomic E-state index is 0.210. The third-order valence-corrected chi connectivity index (χ3v) is 3.20. The molecule has 0 spiro atoms. The first-order valence-electron chi connectivity index (χ1n) is 6.88. The summed E-state index contributed by atoms with van der Waals surface area (Å²) in [6, 6.07) is 8.53. The minimum atomic E-state index is -1.04. The van der Waals surface area contributed by atoms with E-state index in [1.807, 2.05) is 6.07 Å². The second-order valence-corrected chi connectivity index (χ2v) is 4.89. The van der Waals surface area contributed by atoms with E-state index in [1.54, 1.807) is 38.1 Å². The van der Waals surface area contributed by atoms with Crippen molar-refractivity contribution in [1.82, 2.24) is 5.16 Å². The van der Waals surface area contributed by atoms with Crippen molar-refractivity contribution in [2.75, 3.05) is 5.32 Å². The van der Waals surface area contributed by atoms with Crippen LogP contribution in [0, 0.1) is 25.2 Å². The number of esters is 1. The molecule has 0 aliphatic rings. The van der Waals surface area contributed by atoms with E-state index in [2.05, 4.69) is 10.5 Å². The van der Waals surface area contributed by atoms with Gasteiger partial charge in [0.1, 0.15) is 17.4 Å². The maximum absolute atomic E-state index is 12.1. The van der Waals surface area contributed by atoms with Crippen molar-refractivity contribution in [3.05, 3.63) is 46.8 Å². The van der Waals surface area contributed by atoms with Gasteiger partial charge in [0.05, 0.1) is 16.9 Å². The summed E-state index contributed by atoms with van der Waals surface area (Å²) in [6.07, 6.45) is -1.04. The lowest BCUT2D eigenvalue weighted by Crippen LogP contribution is -2.30. The Labute approximate surface area is 132 Å². The standard InChI is InChI=1S/C16H15N3O4/c1-9-14(10(2)23-19-9)16(21)22-11(3)15(20)18-13-7-5-4-6-12(13)8-17/h4-7,11H,1-3H3,(H,18,20)/t11-/m0/s1. The number of hydrogen-bond acceptors (Lipinski definition) is 6. The number of aromatic nitrogens is 1. The van der Waals surface area contributed by atoms with Crippen LogP contribution in [-0.4, -0.2) is 23.1 Å². The van der Waals surface area contributed by atoms with E-state index in [4.69, 9.17) is 14.5 Å². The van der Waals surface area contributed by atoms with Crippen LogP contribution in [0.5, 0.6) is 0 Å². The molecule has 7 nitrogen and oxygen atoms in total. The Morgan fingerprint density at radius 3 is 2.65 bits per heavy atom. The molecule has 0 saturated carbocycles. The van der Waals surface area contributed by atoms with Crippen LogP contribution in [0.3, 0.4) is 0 Å². The molecule has 1 aromatic heterocycles. The Hall–Kier alpha value is -3.14. The molecule has 0 fully saturated rings. The summed E-state index contributed by atoms with van der Waals surface area (Å²) in [5.41, 5.74) is 1.29. The predicted octanol–water partition coefficient (Wildman–Crippen LogP) is 2.35. The third-order valence-electron chi connectivity index (χ3n) is 3.20. The Kier molecular flexibility index (Phi) is 4.76. The van der Waals surface area contributed by atoms with Crippen molar-refractivity contribution in [1.29, 1.82) is 5.26 Å². The molecule has 0 aliphatic heterocycles. The number of anilines is 1. The summed E-state index contributed by atoms with van der Waals surface area (Å²) < 4.78 is 10.0. The highest BCUT2D eigenvalue weighted by Crippen LogP contribution is 2.16. The molecule has 1 N–H and O–H groups in total. The first-order chi connectivity index (χ1) is 10.9. The van der Waals surface area contributed by atoms with Crippen LogP contribution in [-0.2, 0) is 9.53 Å². The normalized spacial score (nSPS) is 11.4. The summed E-state index contributed by atoms with van der Waals surface area (Å²) in [5, 5.41) is 15.2. The van der Waals surface area contributed by atoms with Gasteiger partial charge in [0.2, 0.25) is 0 Å². The first kappa shape index (κ1) is 16.2. The van der Waals surface area contributed by atoms with E-state index < -0.39 is 18.0 Å². The zero-order valence-electron chi connectivity index (χ0n) is 12.9. The van der Waals surface area contributed by atoms with Gasteiger partial charge in [0, 0.05) is 0 Å². The molecule has 1 amide bonds. The van der Waals surface area contributed by atoms with Crippen molar-refractivity contribution in [3.63, 3.8) is 0 Å². The highest BCUT2D eigenvalue weighted by Gasteiger charge is 2.24. The summed E-state index contributed by atoms with van der Waals surface area (Å²) in [5.74, 6) is -0.889. The first-order valence-corrected chi connectivity index (χ1v) is 6.88. The minimum Gasteiger partial charge on any atom is -0.449 e. The Balaban J connectivity index is 2.06. The van der Waals surface area contributed by atoms with Crippen molar-refractivity contribution in [2.24, 2.45) is 0 Å². The van der Waals surface area contributed by atoms with Crippen LogP contribution in [0.15, 0.2) is 28.8 Å². The number of carbonyl (C=O) groups excluding carboxylic acids is 2. The van der Waals surface area contributed by atoms with E-state index in [-0.39, 0.29) is 5.56 Å². The van der Waals surface area contributed by atoms with E-state index in [9.17, 15) is 9.59 Å². The number of nitrogens with one attached hydrogen (secondary N) is 1. The quantitative estimate of drug-likeness (QED) is 0.869. The van der Waals surface area contributed by atoms with Gasteiger partial charge in [-0.05, 0) is 32.9 Å². The number of carbonyl (C=O) groups is 2. The Morgan fingerprint density at radius 2 is 2.04 bits per heavy atom. The molecular weight excluding hydrogens is 298 g/mol. The topological polar surface area (TPSA) is 105 Å². The summed E-state index contributed by atoms with van der Waals surface area (Å²) in [4.78, 5) is 24.2. The number of para-hydroxylation sites is 1. The van der Waals surface area contributed by atoms with E-state index in [0.29, 0.717) is 22.7 Å². The zero-order chi connectivity index (χ0) is 17.0. The molecule has 23 heavy (non-hydrogen) atoms. The van der Waals surface area contributed by atoms with Gasteiger partial charge >= 0.3 is 5.97 Å². The molecule has 0 unspecified atom stereocenters. The summed E-state index contributed by atoms with van der Waals surface area (Å²) in [6.45, 7) is 4.64. The second kappa shape index (κ2) is 6.75. The highest BCUT2D eigenvalue weighted by molar-refractivity contribution is 5.98. The van der Waals surface area contributed by atoms with Crippen molar-refractivity contribution in [2.45, 2.75) is 26.9 Å². The number of ether oxygens (including phenoxy) is 1. The molecule has 2 rings (SSSR count). The molecule has 0 aliphatic carbocycles. The highest BCUT2D eigenvalue weighted by atomic mass is 16.5. The fourth-order valence-electron chi connectivity index (χ4n) is 1.97. The Bertz CT molecular complexity index is 769. The van der Waals surface area contributed by atoms with Gasteiger partial charge in [-0.25, -0.2) is 4.79 Å². The summed E-state index contributed by atoms with van der Waals surface area (Å²) in [7, 11) is 0. The van der Waals surface area contributed by atoms with Gasteiger partial charge in [0.15, 0.2) is 6.10 Å². The van der Waals surface area contributed by atoms with Crippen LogP contribution >= 0.6 is 0 Å². The van der Waals surface area contributed by atoms with Crippen LogP contribution in [0.2, 0.25) is 0 Å². The number of rotatable bonds is 4. The van der Waals surface area contributed by atoms with Crippen molar-refractivity contribution in [3.8, 4) is 6.07 Å². The number of hydrogen-bond donors (Lipinski definition) is 1. The van der Waals surface area contributed by atoms with E-state index in [0.717, 1.165) is 0 Å². The van der Waals surface area contributed by atoms with E-state index in [1.165, 1.54) is 6.92 Å². The van der Waals surface area contributed by atoms with Gasteiger partial charge in [-0.3, -0.25) is 4.79 Å². The molecule has 1 atom stereocenters. The van der Waals surface area contributed by atoms with Crippen molar-refractivity contribution >= 4 is 17.6 Å². The van der Waals surface area contributed by atoms with Crippen LogP contribution in [0.4, 0.5) is 5.69 Å². The second-order valence-electron chi connectivity index (χ2n) is 4.89. The van der Waals surface area contributed by atoms with Crippen LogP contribution < -0.4 is 5.32 Å². The van der Waals surface area contributed by atoms with Crippen LogP contribution in [0.25, 0.3) is 0 Å². The molecule has 1 aromatic carbocycles. The maximum atomic E-state index is 12.1. The number of amides is 1. The molecule has 0 bridgehead atoms. The molecular formula is C16H15N3O4. The fourth-order valence-corrected chi connectivity index (χ4v) is 1.97. The molecule has 118 valence electrons. The molecule has 0 saturated heterocycles. The van der Waals surface area contributed by atoms with E-state index >= 15 is 0 Å². The summed E-state index contributed by atoms with van der Waals surface area (Å²) >= 11 is 0. The smallest absolute Gasteiger partial charge is 0.344 e. The van der Waals surface area contributed by atoms with Gasteiger partial charge in [-0.15, -0.1) is 0 Å². The number of benzene rings is 1. The van der Waals surface area contributed by atoms with Gasteiger partial charge in [-0.2, -0.15) is 5.26 Å².